The summed E-state index contributed by atoms with van der Waals surface area (Å²) in [5.41, 5.74) is -0.716. The average molecular weight is 329 g/mol. The Morgan fingerprint density at radius 2 is 2.14 bits per heavy atom. The third-order valence-corrected chi connectivity index (χ3v) is 6.29. The summed E-state index contributed by atoms with van der Waals surface area (Å²) in [4.78, 5) is 9.34. The Kier molecular flexibility index (Phi) is 3.87. The zero-order valence-electron chi connectivity index (χ0n) is 11.7. The van der Waals surface area contributed by atoms with Gasteiger partial charge in [-0.15, -0.1) is 0 Å². The van der Waals surface area contributed by atoms with Crippen molar-refractivity contribution in [2.45, 2.75) is 23.8 Å². The van der Waals surface area contributed by atoms with Crippen LogP contribution < -0.4 is 5.32 Å². The van der Waals surface area contributed by atoms with Gasteiger partial charge in [0.1, 0.15) is 5.82 Å². The van der Waals surface area contributed by atoms with Gasteiger partial charge in [0, 0.05) is 25.2 Å². The molecule has 2 saturated heterocycles. The van der Waals surface area contributed by atoms with E-state index in [0.29, 0.717) is 6.42 Å². The molecule has 0 aliphatic carbocycles. The lowest BCUT2D eigenvalue weighted by atomic mass is 9.95. The Balaban J connectivity index is 1.98. The average Bonchev–Trinajstić information content (AvgIpc) is 2.93. The van der Waals surface area contributed by atoms with Gasteiger partial charge in [0.25, 0.3) is 15.7 Å². The van der Waals surface area contributed by atoms with Crippen LogP contribution in [-0.2, 0) is 10.0 Å². The lowest BCUT2D eigenvalue weighted by Crippen LogP contribution is -2.47. The Bertz CT molecular complexity index is 709. The zero-order valence-corrected chi connectivity index (χ0v) is 12.6. The van der Waals surface area contributed by atoms with Crippen LogP contribution in [0.5, 0.6) is 0 Å². The van der Waals surface area contributed by atoms with Gasteiger partial charge in [-0.1, -0.05) is 6.07 Å². The number of hydrogen-bond donors (Lipinski definition) is 1. The number of halogens is 1. The van der Waals surface area contributed by atoms with Crippen molar-refractivity contribution in [3.05, 3.63) is 34.1 Å². The first-order chi connectivity index (χ1) is 10.4. The molecule has 1 aromatic rings. The molecule has 2 aliphatic rings. The van der Waals surface area contributed by atoms with Gasteiger partial charge in [-0.25, -0.2) is 12.8 Å². The maximum atomic E-state index is 14.0. The number of rotatable bonds is 3. The predicted molar refractivity (Wildman–Crippen MR) is 76.3 cm³/mol. The van der Waals surface area contributed by atoms with Crippen LogP contribution in [0.3, 0.4) is 0 Å². The van der Waals surface area contributed by atoms with Gasteiger partial charge in [0.15, 0.2) is 4.90 Å². The maximum Gasteiger partial charge on any atom is 0.292 e. The lowest BCUT2D eigenvalue weighted by molar-refractivity contribution is -0.388. The molecule has 0 aromatic heterocycles. The van der Waals surface area contributed by atoms with E-state index in [1.165, 1.54) is 4.31 Å². The summed E-state index contributed by atoms with van der Waals surface area (Å²) in [6, 6.07) is 3.37. The van der Waals surface area contributed by atoms with E-state index in [2.05, 4.69) is 5.32 Å². The summed E-state index contributed by atoms with van der Waals surface area (Å²) in [6.07, 6.45) is 1.49. The predicted octanol–water partition coefficient (Wildman–Crippen LogP) is 1.11. The monoisotopic (exact) mass is 329 g/mol. The number of hydrogen-bond acceptors (Lipinski definition) is 5. The van der Waals surface area contributed by atoms with E-state index in [4.69, 9.17) is 0 Å². The van der Waals surface area contributed by atoms with Gasteiger partial charge in [0.2, 0.25) is 0 Å². The molecular formula is C13H16FN3O4S. The molecule has 2 heterocycles. The van der Waals surface area contributed by atoms with Crippen molar-refractivity contribution < 1.29 is 17.7 Å². The first-order valence-electron chi connectivity index (χ1n) is 7.07. The SMILES string of the molecule is O=[N+]([O-])c1cccc(F)c1S(=O)(=O)N1CCC2NCCC2C1. The van der Waals surface area contributed by atoms with E-state index in [0.717, 1.165) is 31.2 Å². The van der Waals surface area contributed by atoms with Crippen molar-refractivity contribution in [1.29, 1.82) is 0 Å². The largest absolute Gasteiger partial charge is 0.314 e. The van der Waals surface area contributed by atoms with E-state index in [9.17, 15) is 22.9 Å². The van der Waals surface area contributed by atoms with E-state index < -0.39 is 31.3 Å². The molecule has 2 unspecified atom stereocenters. The third kappa shape index (κ3) is 2.49. The van der Waals surface area contributed by atoms with Crippen molar-refractivity contribution in [3.8, 4) is 0 Å². The molecule has 22 heavy (non-hydrogen) atoms. The Morgan fingerprint density at radius 3 is 2.86 bits per heavy atom. The summed E-state index contributed by atoms with van der Waals surface area (Å²) >= 11 is 0. The van der Waals surface area contributed by atoms with Gasteiger partial charge in [-0.2, -0.15) is 4.31 Å². The maximum absolute atomic E-state index is 14.0. The Morgan fingerprint density at radius 1 is 1.36 bits per heavy atom. The van der Waals surface area contributed by atoms with Crippen LogP contribution in [0, 0.1) is 21.8 Å². The highest BCUT2D eigenvalue weighted by Crippen LogP contribution is 2.33. The molecule has 7 nitrogen and oxygen atoms in total. The number of nitro groups is 1. The quantitative estimate of drug-likeness (QED) is 0.662. The van der Waals surface area contributed by atoms with E-state index in [1.54, 1.807) is 0 Å². The van der Waals surface area contributed by atoms with Crippen LogP contribution in [0.25, 0.3) is 0 Å². The van der Waals surface area contributed by atoms with Crippen LogP contribution >= 0.6 is 0 Å². The number of piperidine rings is 1. The Labute approximate surface area is 127 Å². The van der Waals surface area contributed by atoms with Gasteiger partial charge < -0.3 is 5.32 Å². The van der Waals surface area contributed by atoms with Crippen molar-refractivity contribution >= 4 is 15.7 Å². The number of sulfonamides is 1. The minimum Gasteiger partial charge on any atom is -0.314 e. The second-order valence-corrected chi connectivity index (χ2v) is 7.48. The van der Waals surface area contributed by atoms with Gasteiger partial charge in [-0.3, -0.25) is 10.1 Å². The smallest absolute Gasteiger partial charge is 0.292 e. The van der Waals surface area contributed by atoms with Crippen LogP contribution in [0.1, 0.15) is 12.8 Å². The summed E-state index contributed by atoms with van der Waals surface area (Å²) < 4.78 is 40.5. The van der Waals surface area contributed by atoms with Crippen LogP contribution in [0.15, 0.2) is 23.1 Å². The standard InChI is InChI=1S/C13H16FN3O4S/c14-10-2-1-3-12(17(18)19)13(10)22(20,21)16-7-5-11-9(8-16)4-6-15-11/h1-3,9,11,15H,4-8H2. The molecule has 2 fully saturated rings. The fraction of sp³-hybridized carbons (Fsp3) is 0.538. The molecule has 9 heteroatoms. The fourth-order valence-electron chi connectivity index (χ4n) is 3.26. The number of nitrogens with zero attached hydrogens (tertiary/aromatic N) is 2. The molecule has 1 aromatic carbocycles. The molecule has 0 radical (unpaired) electrons. The minimum absolute atomic E-state index is 0.175. The van der Waals surface area contributed by atoms with Crippen molar-refractivity contribution in [2.24, 2.45) is 5.92 Å². The Hall–Kier alpha value is -1.58. The second kappa shape index (κ2) is 5.56. The summed E-state index contributed by atoms with van der Waals surface area (Å²) in [6.45, 7) is 1.34. The molecule has 2 aliphatic heterocycles. The molecule has 0 spiro atoms. The topological polar surface area (TPSA) is 92.5 Å². The van der Waals surface area contributed by atoms with E-state index in [1.807, 2.05) is 0 Å². The highest BCUT2D eigenvalue weighted by molar-refractivity contribution is 7.89. The third-order valence-electron chi connectivity index (χ3n) is 4.36. The van der Waals surface area contributed by atoms with Crippen molar-refractivity contribution in [3.63, 3.8) is 0 Å². The summed E-state index contributed by atoms with van der Waals surface area (Å²) in [7, 11) is -4.22. The zero-order chi connectivity index (χ0) is 15.9. The normalized spacial score (nSPS) is 25.9. The highest BCUT2D eigenvalue weighted by atomic mass is 32.2. The second-order valence-electron chi connectivity index (χ2n) is 5.61. The number of benzene rings is 1. The molecule has 0 amide bonds. The molecule has 0 saturated carbocycles. The molecular weight excluding hydrogens is 313 g/mol. The number of nitrogens with one attached hydrogen (secondary N) is 1. The van der Waals surface area contributed by atoms with Gasteiger partial charge in [-0.05, 0) is 31.4 Å². The fourth-order valence-corrected chi connectivity index (χ4v) is 4.97. The molecule has 1 N–H and O–H groups in total. The number of nitro benzene ring substituents is 1. The first kappa shape index (κ1) is 15.3. The van der Waals surface area contributed by atoms with E-state index in [-0.39, 0.29) is 25.0 Å². The lowest BCUT2D eigenvalue weighted by Gasteiger charge is -2.33. The van der Waals surface area contributed by atoms with Crippen LogP contribution in [0.4, 0.5) is 10.1 Å². The van der Waals surface area contributed by atoms with Crippen molar-refractivity contribution in [2.75, 3.05) is 19.6 Å². The van der Waals surface area contributed by atoms with Crippen LogP contribution in [-0.4, -0.2) is 43.3 Å². The van der Waals surface area contributed by atoms with E-state index >= 15 is 0 Å². The van der Waals surface area contributed by atoms with Crippen LogP contribution in [0.2, 0.25) is 0 Å². The summed E-state index contributed by atoms with van der Waals surface area (Å²) in [5, 5.41) is 14.3. The highest BCUT2D eigenvalue weighted by Gasteiger charge is 2.41. The molecule has 2 atom stereocenters. The molecule has 3 rings (SSSR count). The van der Waals surface area contributed by atoms with Gasteiger partial charge >= 0.3 is 0 Å². The minimum atomic E-state index is -4.22. The van der Waals surface area contributed by atoms with Gasteiger partial charge in [0.05, 0.1) is 4.92 Å². The number of fused-ring (bicyclic) bond motifs is 1. The molecule has 120 valence electrons. The van der Waals surface area contributed by atoms with Crippen molar-refractivity contribution in [1.82, 2.24) is 9.62 Å². The summed E-state index contributed by atoms with van der Waals surface area (Å²) in [5.74, 6) is -0.907. The first-order valence-corrected chi connectivity index (χ1v) is 8.51. The molecule has 0 bridgehead atoms.